The van der Waals surface area contributed by atoms with Crippen LogP contribution in [0.15, 0.2) is 40.9 Å². The zero-order chi connectivity index (χ0) is 14.7. The van der Waals surface area contributed by atoms with Crippen molar-refractivity contribution in [2.45, 2.75) is 13.5 Å². The molecule has 4 nitrogen and oxygen atoms in total. The molecule has 0 amide bonds. The van der Waals surface area contributed by atoms with Crippen molar-refractivity contribution in [2.75, 3.05) is 5.32 Å². The predicted molar refractivity (Wildman–Crippen MR) is 79.3 cm³/mol. The van der Waals surface area contributed by atoms with Gasteiger partial charge in [-0.25, -0.2) is 0 Å². The van der Waals surface area contributed by atoms with Crippen molar-refractivity contribution >= 4 is 27.3 Å². The van der Waals surface area contributed by atoms with E-state index in [9.17, 15) is 14.5 Å². The smallest absolute Gasteiger partial charge is 0.304 e. The molecule has 0 aromatic heterocycles. The molecule has 0 aliphatic heterocycles. The van der Waals surface area contributed by atoms with Gasteiger partial charge in [0.2, 0.25) is 5.82 Å². The highest BCUT2D eigenvalue weighted by Gasteiger charge is 2.13. The Morgan fingerprint density at radius 1 is 1.30 bits per heavy atom. The largest absolute Gasteiger partial charge is 0.381 e. The van der Waals surface area contributed by atoms with Crippen molar-refractivity contribution in [1.82, 2.24) is 0 Å². The van der Waals surface area contributed by atoms with Crippen LogP contribution in [0.25, 0.3) is 0 Å². The van der Waals surface area contributed by atoms with Crippen LogP contribution in [0.1, 0.15) is 11.1 Å². The van der Waals surface area contributed by atoms with Crippen molar-refractivity contribution in [3.8, 4) is 0 Å². The van der Waals surface area contributed by atoms with Crippen LogP contribution >= 0.6 is 15.9 Å². The quantitative estimate of drug-likeness (QED) is 0.663. The van der Waals surface area contributed by atoms with Gasteiger partial charge in [0, 0.05) is 22.8 Å². The molecule has 0 heterocycles. The van der Waals surface area contributed by atoms with E-state index in [4.69, 9.17) is 0 Å². The average molecular weight is 339 g/mol. The highest BCUT2D eigenvalue weighted by molar-refractivity contribution is 9.10. The summed E-state index contributed by atoms with van der Waals surface area (Å²) in [5.74, 6) is -0.820. The van der Waals surface area contributed by atoms with E-state index in [0.29, 0.717) is 12.1 Å². The third-order valence-electron chi connectivity index (χ3n) is 2.88. The maximum absolute atomic E-state index is 13.5. The first kappa shape index (κ1) is 14.5. The monoisotopic (exact) mass is 338 g/mol. The molecule has 2 aromatic rings. The Morgan fingerprint density at radius 3 is 2.65 bits per heavy atom. The molecule has 104 valence electrons. The zero-order valence-corrected chi connectivity index (χ0v) is 12.3. The van der Waals surface area contributed by atoms with E-state index < -0.39 is 16.4 Å². The topological polar surface area (TPSA) is 55.2 Å². The number of nitro benzene ring substituents is 1. The van der Waals surface area contributed by atoms with Crippen molar-refractivity contribution in [3.05, 3.63) is 67.9 Å². The highest BCUT2D eigenvalue weighted by Crippen LogP contribution is 2.22. The summed E-state index contributed by atoms with van der Waals surface area (Å²) in [6.45, 7) is 2.38. The Bertz CT molecular complexity index is 662. The van der Waals surface area contributed by atoms with Gasteiger partial charge in [-0.05, 0) is 36.2 Å². The Morgan fingerprint density at radius 2 is 2.05 bits per heavy atom. The van der Waals surface area contributed by atoms with Crippen LogP contribution in [0.2, 0.25) is 0 Å². The third kappa shape index (κ3) is 3.33. The number of hydrogen-bond acceptors (Lipinski definition) is 3. The summed E-state index contributed by atoms with van der Waals surface area (Å²) in [6.07, 6.45) is 0. The first-order valence-electron chi connectivity index (χ1n) is 5.90. The zero-order valence-electron chi connectivity index (χ0n) is 10.7. The highest BCUT2D eigenvalue weighted by atomic mass is 79.9. The van der Waals surface area contributed by atoms with Gasteiger partial charge in [0.15, 0.2) is 0 Å². The van der Waals surface area contributed by atoms with E-state index in [0.717, 1.165) is 15.7 Å². The summed E-state index contributed by atoms with van der Waals surface area (Å²) in [5.41, 5.74) is 2.15. The van der Waals surface area contributed by atoms with E-state index in [2.05, 4.69) is 21.2 Å². The molecule has 2 aromatic carbocycles. The minimum atomic E-state index is -0.820. The molecule has 0 atom stereocenters. The van der Waals surface area contributed by atoms with Gasteiger partial charge in [-0.1, -0.05) is 28.1 Å². The van der Waals surface area contributed by atoms with Gasteiger partial charge in [-0.15, -0.1) is 0 Å². The average Bonchev–Trinajstić information content (AvgIpc) is 2.40. The second kappa shape index (κ2) is 6.00. The van der Waals surface area contributed by atoms with Gasteiger partial charge in [0.05, 0.1) is 4.92 Å². The molecule has 0 aliphatic carbocycles. The summed E-state index contributed by atoms with van der Waals surface area (Å²) in [7, 11) is 0. The summed E-state index contributed by atoms with van der Waals surface area (Å²) in [4.78, 5) is 9.79. The minimum absolute atomic E-state index is 0.393. The molecule has 2 rings (SSSR count). The number of halogens is 2. The Hall–Kier alpha value is -1.95. The Balaban J connectivity index is 2.09. The van der Waals surface area contributed by atoms with E-state index >= 15 is 0 Å². The standard InChI is InChI=1S/C14H12BrFN2O2/c1-9-2-4-11(7-12(9)15)17-8-10-3-5-14(18(19)20)13(16)6-10/h2-7,17H,8H2,1H3. The lowest BCUT2D eigenvalue weighted by atomic mass is 10.2. The fourth-order valence-electron chi connectivity index (χ4n) is 1.72. The second-order valence-corrected chi connectivity index (χ2v) is 5.21. The molecule has 0 fully saturated rings. The first-order valence-corrected chi connectivity index (χ1v) is 6.69. The van der Waals surface area contributed by atoms with Crippen LogP contribution in [0.3, 0.4) is 0 Å². The Kier molecular flexibility index (Phi) is 4.34. The van der Waals surface area contributed by atoms with Crippen LogP contribution < -0.4 is 5.32 Å². The number of anilines is 1. The van der Waals surface area contributed by atoms with Gasteiger partial charge < -0.3 is 5.32 Å². The lowest BCUT2D eigenvalue weighted by Crippen LogP contribution is -2.01. The molecule has 0 unspecified atom stereocenters. The van der Waals surface area contributed by atoms with Crippen molar-refractivity contribution in [3.63, 3.8) is 0 Å². The van der Waals surface area contributed by atoms with Crippen LogP contribution in [0, 0.1) is 22.9 Å². The van der Waals surface area contributed by atoms with Gasteiger partial charge in [0.25, 0.3) is 0 Å². The predicted octanol–water partition coefficient (Wildman–Crippen LogP) is 4.42. The molecule has 0 saturated carbocycles. The number of hydrogen-bond donors (Lipinski definition) is 1. The summed E-state index contributed by atoms with van der Waals surface area (Å²) >= 11 is 3.43. The van der Waals surface area contributed by atoms with Gasteiger partial charge in [-0.3, -0.25) is 10.1 Å². The maximum atomic E-state index is 13.5. The van der Waals surface area contributed by atoms with Gasteiger partial charge >= 0.3 is 5.69 Å². The molecule has 0 saturated heterocycles. The van der Waals surface area contributed by atoms with Crippen molar-refractivity contribution in [1.29, 1.82) is 0 Å². The van der Waals surface area contributed by atoms with Crippen LogP contribution in [-0.4, -0.2) is 4.92 Å². The molecule has 0 bridgehead atoms. The molecule has 20 heavy (non-hydrogen) atoms. The third-order valence-corrected chi connectivity index (χ3v) is 3.73. The minimum Gasteiger partial charge on any atom is -0.381 e. The lowest BCUT2D eigenvalue weighted by molar-refractivity contribution is -0.387. The molecule has 6 heteroatoms. The summed E-state index contributed by atoms with van der Waals surface area (Å²) in [5, 5.41) is 13.7. The molecule has 1 N–H and O–H groups in total. The fourth-order valence-corrected chi connectivity index (χ4v) is 2.09. The fraction of sp³-hybridized carbons (Fsp3) is 0.143. The van der Waals surface area contributed by atoms with E-state index in [1.807, 2.05) is 25.1 Å². The number of nitrogens with zero attached hydrogens (tertiary/aromatic N) is 1. The number of rotatable bonds is 4. The van der Waals surface area contributed by atoms with E-state index in [-0.39, 0.29) is 0 Å². The molecular formula is C14H12BrFN2O2. The van der Waals surface area contributed by atoms with E-state index in [1.54, 1.807) is 0 Å². The summed E-state index contributed by atoms with van der Waals surface area (Å²) in [6, 6.07) is 9.70. The van der Waals surface area contributed by atoms with Crippen molar-refractivity contribution < 1.29 is 9.31 Å². The number of aryl methyl sites for hydroxylation is 1. The summed E-state index contributed by atoms with van der Waals surface area (Å²) < 4.78 is 14.5. The van der Waals surface area contributed by atoms with Crippen molar-refractivity contribution in [2.24, 2.45) is 0 Å². The number of nitro groups is 1. The van der Waals surface area contributed by atoms with Crippen LogP contribution in [0.5, 0.6) is 0 Å². The molecule has 0 radical (unpaired) electrons. The SMILES string of the molecule is Cc1ccc(NCc2ccc([N+](=O)[O-])c(F)c2)cc1Br. The normalized spacial score (nSPS) is 10.3. The van der Waals surface area contributed by atoms with Crippen LogP contribution in [0.4, 0.5) is 15.8 Å². The number of benzene rings is 2. The van der Waals surface area contributed by atoms with Gasteiger partial charge in [0.1, 0.15) is 0 Å². The first-order chi connectivity index (χ1) is 9.47. The maximum Gasteiger partial charge on any atom is 0.304 e. The number of nitrogens with one attached hydrogen (secondary N) is 1. The van der Waals surface area contributed by atoms with E-state index in [1.165, 1.54) is 18.2 Å². The molecular weight excluding hydrogens is 327 g/mol. The van der Waals surface area contributed by atoms with Crippen LogP contribution in [-0.2, 0) is 6.54 Å². The molecule has 0 aliphatic rings. The van der Waals surface area contributed by atoms with Gasteiger partial charge in [-0.2, -0.15) is 4.39 Å². The molecule has 0 spiro atoms. The Labute approximate surface area is 123 Å². The second-order valence-electron chi connectivity index (χ2n) is 4.36. The lowest BCUT2D eigenvalue weighted by Gasteiger charge is -2.08.